The summed E-state index contributed by atoms with van der Waals surface area (Å²) in [5.74, 6) is -0.590. The molecule has 1 fully saturated rings. The summed E-state index contributed by atoms with van der Waals surface area (Å²) in [5.41, 5.74) is -0.173. The minimum atomic E-state index is -1.07. The highest BCUT2D eigenvalue weighted by molar-refractivity contribution is 5.88. The number of carbonyl (C=O) groups is 2. The summed E-state index contributed by atoms with van der Waals surface area (Å²) >= 11 is 0. The fourth-order valence-corrected chi connectivity index (χ4v) is 2.74. The van der Waals surface area contributed by atoms with E-state index in [-0.39, 0.29) is 12.3 Å². The van der Waals surface area contributed by atoms with Gasteiger partial charge in [-0.25, -0.2) is 4.79 Å². The minimum Gasteiger partial charge on any atom is -0.480 e. The Hall–Kier alpha value is -1.84. The summed E-state index contributed by atoms with van der Waals surface area (Å²) in [6.07, 6.45) is 2.95. The lowest BCUT2D eigenvalue weighted by molar-refractivity contribution is -0.149. The topological polar surface area (TPSA) is 66.4 Å². The summed E-state index contributed by atoms with van der Waals surface area (Å²) in [4.78, 5) is 23.7. The Bertz CT molecular complexity index is 476. The summed E-state index contributed by atoms with van der Waals surface area (Å²) in [7, 11) is 0. The van der Waals surface area contributed by atoms with Crippen molar-refractivity contribution in [3.63, 3.8) is 0 Å². The lowest BCUT2D eigenvalue weighted by Gasteiger charge is -2.36. The number of amides is 1. The number of hydrogen-bond donors (Lipinski definition) is 2. The lowest BCUT2D eigenvalue weighted by Crippen LogP contribution is -2.56. The van der Waals surface area contributed by atoms with E-state index < -0.39 is 11.5 Å². The summed E-state index contributed by atoms with van der Waals surface area (Å²) < 4.78 is 0. The largest absolute Gasteiger partial charge is 0.480 e. The van der Waals surface area contributed by atoms with Gasteiger partial charge in [-0.15, -0.1) is 0 Å². The quantitative estimate of drug-likeness (QED) is 0.886. The van der Waals surface area contributed by atoms with Crippen LogP contribution in [0.2, 0.25) is 0 Å². The van der Waals surface area contributed by atoms with Crippen LogP contribution < -0.4 is 5.32 Å². The molecule has 1 amide bonds. The third-order valence-corrected chi connectivity index (χ3v) is 4.12. The Morgan fingerprint density at radius 3 is 2.40 bits per heavy atom. The fourth-order valence-electron chi connectivity index (χ4n) is 2.74. The first kappa shape index (κ1) is 14.6. The number of nitrogens with one attached hydrogen (secondary N) is 1. The average molecular weight is 275 g/mol. The second-order valence-electron chi connectivity index (χ2n) is 5.78. The Morgan fingerprint density at radius 2 is 1.85 bits per heavy atom. The van der Waals surface area contributed by atoms with Crippen LogP contribution in [0, 0.1) is 5.92 Å². The molecule has 0 atom stereocenters. The second kappa shape index (κ2) is 6.07. The van der Waals surface area contributed by atoms with Crippen molar-refractivity contribution in [1.82, 2.24) is 5.32 Å². The van der Waals surface area contributed by atoms with Crippen molar-refractivity contribution < 1.29 is 14.7 Å². The first-order valence-electron chi connectivity index (χ1n) is 7.10. The molecule has 0 bridgehead atoms. The van der Waals surface area contributed by atoms with E-state index in [0.717, 1.165) is 18.4 Å². The normalized spacial score (nSPS) is 25.9. The van der Waals surface area contributed by atoms with Crippen LogP contribution >= 0.6 is 0 Å². The Labute approximate surface area is 119 Å². The van der Waals surface area contributed by atoms with Crippen LogP contribution in [-0.2, 0) is 16.0 Å². The van der Waals surface area contributed by atoms with E-state index in [9.17, 15) is 14.7 Å². The maximum atomic E-state index is 12.1. The van der Waals surface area contributed by atoms with E-state index >= 15 is 0 Å². The summed E-state index contributed by atoms with van der Waals surface area (Å²) in [6, 6.07) is 9.38. The van der Waals surface area contributed by atoms with Gasteiger partial charge in [-0.2, -0.15) is 0 Å². The van der Waals surface area contributed by atoms with Gasteiger partial charge in [0.1, 0.15) is 5.54 Å². The van der Waals surface area contributed by atoms with Crippen LogP contribution in [0.5, 0.6) is 0 Å². The summed E-state index contributed by atoms with van der Waals surface area (Å²) in [6.45, 7) is 2.12. The van der Waals surface area contributed by atoms with Gasteiger partial charge in [0.25, 0.3) is 0 Å². The van der Waals surface area contributed by atoms with Gasteiger partial charge in [0.2, 0.25) is 5.91 Å². The third kappa shape index (κ3) is 3.38. The monoisotopic (exact) mass is 275 g/mol. The van der Waals surface area contributed by atoms with E-state index in [4.69, 9.17) is 0 Å². The van der Waals surface area contributed by atoms with Crippen molar-refractivity contribution in [3.8, 4) is 0 Å². The lowest BCUT2D eigenvalue weighted by atomic mass is 9.77. The first-order valence-corrected chi connectivity index (χ1v) is 7.10. The molecule has 0 saturated heterocycles. The van der Waals surface area contributed by atoms with Crippen molar-refractivity contribution in [2.75, 3.05) is 0 Å². The SMILES string of the molecule is CC1CCC(NC(=O)Cc2ccccc2)(C(=O)O)CC1. The first-order chi connectivity index (χ1) is 9.52. The van der Waals surface area contributed by atoms with Crippen LogP contribution in [0.1, 0.15) is 38.2 Å². The number of aliphatic carboxylic acids is 1. The highest BCUT2D eigenvalue weighted by Gasteiger charge is 2.42. The molecule has 108 valence electrons. The number of carbonyl (C=O) groups excluding carboxylic acids is 1. The van der Waals surface area contributed by atoms with Gasteiger partial charge in [0.05, 0.1) is 6.42 Å². The van der Waals surface area contributed by atoms with Crippen LogP contribution in [-0.4, -0.2) is 22.5 Å². The Morgan fingerprint density at radius 1 is 1.25 bits per heavy atom. The molecule has 0 unspecified atom stereocenters. The van der Waals surface area contributed by atoms with Crippen LogP contribution in [0.25, 0.3) is 0 Å². The number of hydrogen-bond acceptors (Lipinski definition) is 2. The van der Waals surface area contributed by atoms with Gasteiger partial charge < -0.3 is 10.4 Å². The highest BCUT2D eigenvalue weighted by atomic mass is 16.4. The average Bonchev–Trinajstić information content (AvgIpc) is 2.42. The molecule has 1 aliphatic carbocycles. The molecule has 0 radical (unpaired) electrons. The molecule has 2 N–H and O–H groups in total. The molecule has 0 spiro atoms. The van der Waals surface area contributed by atoms with Gasteiger partial charge in [-0.05, 0) is 37.2 Å². The van der Waals surface area contributed by atoms with Crippen LogP contribution in [0.4, 0.5) is 0 Å². The highest BCUT2D eigenvalue weighted by Crippen LogP contribution is 2.32. The van der Waals surface area contributed by atoms with E-state index in [1.807, 2.05) is 30.3 Å². The number of rotatable bonds is 4. The molecular weight excluding hydrogens is 254 g/mol. The molecule has 0 heterocycles. The van der Waals surface area contributed by atoms with Crippen molar-refractivity contribution in [1.29, 1.82) is 0 Å². The van der Waals surface area contributed by atoms with Crippen molar-refractivity contribution in [3.05, 3.63) is 35.9 Å². The van der Waals surface area contributed by atoms with Crippen LogP contribution in [0.15, 0.2) is 30.3 Å². The number of benzene rings is 1. The van der Waals surface area contributed by atoms with Gasteiger partial charge in [-0.3, -0.25) is 4.79 Å². The molecule has 2 rings (SSSR count). The molecule has 0 aliphatic heterocycles. The maximum Gasteiger partial charge on any atom is 0.329 e. The van der Waals surface area contributed by atoms with Crippen molar-refractivity contribution in [2.24, 2.45) is 5.92 Å². The molecule has 1 aromatic carbocycles. The predicted molar refractivity (Wildman–Crippen MR) is 76.3 cm³/mol. The Kier molecular flexibility index (Phi) is 4.42. The van der Waals surface area contributed by atoms with E-state index in [0.29, 0.717) is 18.8 Å². The zero-order valence-electron chi connectivity index (χ0n) is 11.8. The number of carboxylic acids is 1. The molecule has 20 heavy (non-hydrogen) atoms. The van der Waals surface area contributed by atoms with Gasteiger partial charge in [0.15, 0.2) is 0 Å². The second-order valence-corrected chi connectivity index (χ2v) is 5.78. The summed E-state index contributed by atoms with van der Waals surface area (Å²) in [5, 5.41) is 12.2. The molecule has 0 aromatic heterocycles. The van der Waals surface area contributed by atoms with Gasteiger partial charge in [0, 0.05) is 0 Å². The third-order valence-electron chi connectivity index (χ3n) is 4.12. The standard InChI is InChI=1S/C16H21NO3/c1-12-7-9-16(10-8-12,15(19)20)17-14(18)11-13-5-3-2-4-6-13/h2-6,12H,7-11H2,1H3,(H,17,18)(H,19,20). The van der Waals surface area contributed by atoms with E-state index in [2.05, 4.69) is 12.2 Å². The predicted octanol–water partition coefficient (Wildman–Crippen LogP) is 2.38. The van der Waals surface area contributed by atoms with E-state index in [1.54, 1.807) is 0 Å². The molecule has 1 aromatic rings. The van der Waals surface area contributed by atoms with E-state index in [1.165, 1.54) is 0 Å². The smallest absolute Gasteiger partial charge is 0.329 e. The minimum absolute atomic E-state index is 0.215. The molecule has 1 saturated carbocycles. The van der Waals surface area contributed by atoms with Gasteiger partial charge >= 0.3 is 5.97 Å². The van der Waals surface area contributed by atoms with Gasteiger partial charge in [-0.1, -0.05) is 37.3 Å². The van der Waals surface area contributed by atoms with Crippen LogP contribution in [0.3, 0.4) is 0 Å². The van der Waals surface area contributed by atoms with Crippen molar-refractivity contribution >= 4 is 11.9 Å². The molecule has 4 nitrogen and oxygen atoms in total. The number of carboxylic acid groups (broad SMARTS) is 1. The molecular formula is C16H21NO3. The molecule has 1 aliphatic rings. The maximum absolute atomic E-state index is 12.1. The van der Waals surface area contributed by atoms with Crippen molar-refractivity contribution in [2.45, 2.75) is 44.6 Å². The zero-order chi connectivity index (χ0) is 14.6. The Balaban J connectivity index is 2.02. The fraction of sp³-hybridized carbons (Fsp3) is 0.500. The molecule has 4 heteroatoms. The zero-order valence-corrected chi connectivity index (χ0v) is 11.8.